The Morgan fingerprint density at radius 3 is 2.69 bits per heavy atom. The van der Waals surface area contributed by atoms with Gasteiger partial charge in [0.2, 0.25) is 0 Å². The summed E-state index contributed by atoms with van der Waals surface area (Å²) in [6, 6.07) is 0.740. The number of hydrogen-bond donors (Lipinski definition) is 0. The molecule has 0 unspecified atom stereocenters. The molecule has 0 saturated heterocycles. The second-order valence-corrected chi connectivity index (χ2v) is 2.82. The SMILES string of the molecule is [N-]=[N+]=NCc1cc(C(F)(F)F)nn1CCF. The van der Waals surface area contributed by atoms with Crippen molar-refractivity contribution in [1.82, 2.24) is 9.78 Å². The lowest BCUT2D eigenvalue weighted by molar-refractivity contribution is -0.141. The van der Waals surface area contributed by atoms with Crippen LogP contribution < -0.4 is 0 Å². The quantitative estimate of drug-likeness (QED) is 0.343. The van der Waals surface area contributed by atoms with E-state index < -0.39 is 18.5 Å². The number of nitrogens with zero attached hydrogens (tertiary/aromatic N) is 5. The Labute approximate surface area is 87.3 Å². The molecule has 9 heteroatoms. The Morgan fingerprint density at radius 2 is 2.19 bits per heavy atom. The van der Waals surface area contributed by atoms with Crippen molar-refractivity contribution in [3.05, 3.63) is 27.9 Å². The van der Waals surface area contributed by atoms with E-state index in [1.165, 1.54) is 0 Å². The Kier molecular flexibility index (Phi) is 3.73. The van der Waals surface area contributed by atoms with Crippen LogP contribution >= 0.6 is 0 Å². The zero-order valence-electron chi connectivity index (χ0n) is 7.95. The first-order chi connectivity index (χ1) is 7.49. The van der Waals surface area contributed by atoms with Crippen LogP contribution in [-0.4, -0.2) is 16.5 Å². The molecule has 0 amide bonds. The van der Waals surface area contributed by atoms with Gasteiger partial charge >= 0.3 is 6.18 Å². The van der Waals surface area contributed by atoms with E-state index in [2.05, 4.69) is 15.1 Å². The summed E-state index contributed by atoms with van der Waals surface area (Å²) in [5.41, 5.74) is 6.96. The third kappa shape index (κ3) is 2.86. The molecule has 0 fully saturated rings. The fourth-order valence-corrected chi connectivity index (χ4v) is 1.10. The number of alkyl halides is 4. The van der Waals surface area contributed by atoms with Crippen LogP contribution in [0.25, 0.3) is 10.4 Å². The lowest BCUT2D eigenvalue weighted by Crippen LogP contribution is -2.09. The summed E-state index contributed by atoms with van der Waals surface area (Å²) in [4.78, 5) is 2.41. The minimum atomic E-state index is -4.59. The van der Waals surface area contributed by atoms with Crippen molar-refractivity contribution in [2.75, 3.05) is 6.67 Å². The van der Waals surface area contributed by atoms with E-state index >= 15 is 0 Å². The summed E-state index contributed by atoms with van der Waals surface area (Å²) >= 11 is 0. The number of hydrogen-bond acceptors (Lipinski definition) is 2. The highest BCUT2D eigenvalue weighted by Gasteiger charge is 2.34. The third-order valence-corrected chi connectivity index (χ3v) is 1.75. The fourth-order valence-electron chi connectivity index (χ4n) is 1.10. The summed E-state index contributed by atoms with van der Waals surface area (Å²) in [6.45, 7) is -1.44. The van der Waals surface area contributed by atoms with Crippen LogP contribution in [0.5, 0.6) is 0 Å². The molecule has 1 rings (SSSR count). The number of azide groups is 1. The Hall–Kier alpha value is -1.76. The summed E-state index contributed by atoms with van der Waals surface area (Å²) in [5, 5.41) is 6.30. The fraction of sp³-hybridized carbons (Fsp3) is 0.571. The van der Waals surface area contributed by atoms with Crippen molar-refractivity contribution in [2.24, 2.45) is 5.11 Å². The molecule has 0 aliphatic carbocycles. The van der Waals surface area contributed by atoms with Gasteiger partial charge in [-0.25, -0.2) is 4.39 Å². The van der Waals surface area contributed by atoms with Crippen molar-refractivity contribution < 1.29 is 17.6 Å². The Balaban J connectivity index is 3.04. The second-order valence-electron chi connectivity index (χ2n) is 2.82. The molecule has 0 radical (unpaired) electrons. The standard InChI is InChI=1S/C7H7F4N5/c8-1-2-16-5(4-13-15-12)3-6(14-16)7(9,10)11/h3H,1-2,4H2. The summed E-state index contributed by atoms with van der Waals surface area (Å²) in [6.07, 6.45) is -4.59. The Morgan fingerprint density at radius 1 is 1.50 bits per heavy atom. The van der Waals surface area contributed by atoms with Crippen LogP contribution in [0, 0.1) is 0 Å². The number of halogens is 4. The maximum Gasteiger partial charge on any atom is 0.435 e. The molecule has 0 spiro atoms. The van der Waals surface area contributed by atoms with Crippen LogP contribution in [0.4, 0.5) is 17.6 Å². The zero-order chi connectivity index (χ0) is 12.2. The number of aromatic nitrogens is 2. The van der Waals surface area contributed by atoms with E-state index in [9.17, 15) is 17.6 Å². The van der Waals surface area contributed by atoms with Gasteiger partial charge in [0.05, 0.1) is 13.1 Å². The predicted octanol–water partition coefficient (Wildman–Crippen LogP) is 2.68. The molecule has 1 heterocycles. The third-order valence-electron chi connectivity index (χ3n) is 1.75. The molecule has 0 atom stereocenters. The van der Waals surface area contributed by atoms with Gasteiger partial charge in [0.25, 0.3) is 0 Å². The molecule has 0 aromatic carbocycles. The molecule has 5 nitrogen and oxygen atoms in total. The van der Waals surface area contributed by atoms with Crippen LogP contribution in [0.2, 0.25) is 0 Å². The van der Waals surface area contributed by atoms with Gasteiger partial charge in [0.15, 0.2) is 5.69 Å². The molecular weight excluding hydrogens is 230 g/mol. The molecule has 0 N–H and O–H groups in total. The minimum Gasteiger partial charge on any atom is -0.266 e. The van der Waals surface area contributed by atoms with E-state index in [0.717, 1.165) is 10.7 Å². The van der Waals surface area contributed by atoms with Gasteiger partial charge < -0.3 is 0 Å². The smallest absolute Gasteiger partial charge is 0.266 e. The number of rotatable bonds is 4. The van der Waals surface area contributed by atoms with Gasteiger partial charge in [-0.1, -0.05) is 5.11 Å². The first-order valence-electron chi connectivity index (χ1n) is 4.19. The predicted molar refractivity (Wildman–Crippen MR) is 46.1 cm³/mol. The van der Waals surface area contributed by atoms with Crippen molar-refractivity contribution in [1.29, 1.82) is 0 Å². The van der Waals surface area contributed by atoms with Gasteiger partial charge in [0.1, 0.15) is 6.67 Å². The van der Waals surface area contributed by atoms with Crippen molar-refractivity contribution in [3.63, 3.8) is 0 Å². The molecule has 88 valence electrons. The Bertz CT molecular complexity index is 403. The normalized spacial score (nSPS) is 11.2. The maximum atomic E-state index is 12.3. The highest BCUT2D eigenvalue weighted by molar-refractivity contribution is 5.13. The molecule has 1 aromatic heterocycles. The molecular formula is C7H7F4N5. The van der Waals surface area contributed by atoms with Crippen molar-refractivity contribution >= 4 is 0 Å². The van der Waals surface area contributed by atoms with Crippen LogP contribution in [0.15, 0.2) is 11.2 Å². The van der Waals surface area contributed by atoms with E-state index in [0.29, 0.717) is 0 Å². The van der Waals surface area contributed by atoms with Gasteiger partial charge in [-0.15, -0.1) is 0 Å². The van der Waals surface area contributed by atoms with E-state index in [-0.39, 0.29) is 18.8 Å². The molecule has 0 saturated carbocycles. The largest absolute Gasteiger partial charge is 0.435 e. The first-order valence-corrected chi connectivity index (χ1v) is 4.19. The summed E-state index contributed by atoms with van der Waals surface area (Å²) < 4.78 is 49.7. The molecule has 0 aliphatic heterocycles. The second kappa shape index (κ2) is 4.84. The van der Waals surface area contributed by atoms with Crippen molar-refractivity contribution in [3.8, 4) is 0 Å². The average Bonchev–Trinajstić information content (AvgIpc) is 2.58. The average molecular weight is 237 g/mol. The highest BCUT2D eigenvalue weighted by Crippen LogP contribution is 2.28. The van der Waals surface area contributed by atoms with Gasteiger partial charge in [0, 0.05) is 10.6 Å². The molecule has 16 heavy (non-hydrogen) atoms. The lowest BCUT2D eigenvalue weighted by atomic mass is 10.3. The first kappa shape index (κ1) is 12.3. The molecule has 0 bridgehead atoms. The topological polar surface area (TPSA) is 66.6 Å². The van der Waals surface area contributed by atoms with Crippen molar-refractivity contribution in [2.45, 2.75) is 19.3 Å². The van der Waals surface area contributed by atoms with Crippen LogP contribution in [0.3, 0.4) is 0 Å². The molecule has 1 aromatic rings. The van der Waals surface area contributed by atoms with Crippen LogP contribution in [0.1, 0.15) is 11.4 Å². The van der Waals surface area contributed by atoms with Crippen LogP contribution in [-0.2, 0) is 19.3 Å². The zero-order valence-corrected chi connectivity index (χ0v) is 7.95. The maximum absolute atomic E-state index is 12.3. The van der Waals surface area contributed by atoms with Gasteiger partial charge in [-0.2, -0.15) is 18.3 Å². The lowest BCUT2D eigenvalue weighted by Gasteiger charge is -2.01. The monoisotopic (exact) mass is 237 g/mol. The minimum absolute atomic E-state index is 0.0303. The van der Waals surface area contributed by atoms with Gasteiger partial charge in [-0.05, 0) is 11.6 Å². The molecule has 0 aliphatic rings. The van der Waals surface area contributed by atoms with Gasteiger partial charge in [-0.3, -0.25) is 4.68 Å². The number of aryl methyl sites for hydroxylation is 1. The van der Waals surface area contributed by atoms with E-state index in [1.807, 2.05) is 0 Å². The van der Waals surface area contributed by atoms with E-state index in [4.69, 9.17) is 5.53 Å². The summed E-state index contributed by atoms with van der Waals surface area (Å²) in [5.74, 6) is 0. The highest BCUT2D eigenvalue weighted by atomic mass is 19.4. The summed E-state index contributed by atoms with van der Waals surface area (Å²) in [7, 11) is 0. The van der Waals surface area contributed by atoms with E-state index in [1.54, 1.807) is 0 Å².